The number of morpholine rings is 1. The van der Waals surface area contributed by atoms with Crippen molar-refractivity contribution in [3.05, 3.63) is 17.0 Å². The summed E-state index contributed by atoms with van der Waals surface area (Å²) in [6.07, 6.45) is 0. The monoisotopic (exact) mass is 310 g/mol. The van der Waals surface area contributed by atoms with Gasteiger partial charge >= 0.3 is 6.03 Å². The van der Waals surface area contributed by atoms with E-state index >= 15 is 0 Å². The maximum absolute atomic E-state index is 12.2. The van der Waals surface area contributed by atoms with E-state index in [0.29, 0.717) is 19.1 Å². The van der Waals surface area contributed by atoms with Gasteiger partial charge in [-0.1, -0.05) is 5.16 Å². The Morgan fingerprint density at radius 1 is 1.41 bits per heavy atom. The molecule has 1 aromatic heterocycles. The Labute approximate surface area is 131 Å². The van der Waals surface area contributed by atoms with Crippen LogP contribution in [0.2, 0.25) is 0 Å². The predicted molar refractivity (Wildman–Crippen MR) is 82.7 cm³/mol. The first-order valence-corrected chi connectivity index (χ1v) is 7.71. The molecule has 22 heavy (non-hydrogen) atoms. The molecule has 1 aliphatic heterocycles. The first-order valence-electron chi connectivity index (χ1n) is 7.71. The molecule has 1 aliphatic rings. The fourth-order valence-corrected chi connectivity index (χ4v) is 2.55. The number of nitrogens with zero attached hydrogens (tertiary/aromatic N) is 3. The molecule has 7 nitrogen and oxygen atoms in total. The fourth-order valence-electron chi connectivity index (χ4n) is 2.55. The van der Waals surface area contributed by atoms with Gasteiger partial charge in [-0.05, 0) is 20.8 Å². The standard InChI is InChI=1S/C15H26N4O3/c1-11(19-5-7-21-8-6-19)9-16-15(20)18(4)10-14-12(2)17-22-13(14)3/h11H,5-10H2,1-4H3,(H,16,20)/t11-/m0/s1. The van der Waals surface area contributed by atoms with Crippen LogP contribution in [0.1, 0.15) is 23.9 Å². The molecule has 7 heteroatoms. The van der Waals surface area contributed by atoms with Crippen LogP contribution in [-0.4, -0.2) is 66.9 Å². The average Bonchev–Trinajstić information content (AvgIpc) is 2.84. The Kier molecular flexibility index (Phi) is 5.79. The van der Waals surface area contributed by atoms with E-state index in [0.717, 1.165) is 43.3 Å². The van der Waals surface area contributed by atoms with Crippen molar-refractivity contribution in [2.45, 2.75) is 33.4 Å². The number of hydrogen-bond acceptors (Lipinski definition) is 5. The van der Waals surface area contributed by atoms with E-state index in [1.54, 1.807) is 11.9 Å². The van der Waals surface area contributed by atoms with Gasteiger partial charge in [0.05, 0.1) is 25.5 Å². The van der Waals surface area contributed by atoms with Crippen LogP contribution in [-0.2, 0) is 11.3 Å². The number of aryl methyl sites for hydroxylation is 2. The Morgan fingerprint density at radius 2 is 2.09 bits per heavy atom. The molecule has 0 bridgehead atoms. The number of carbonyl (C=O) groups is 1. The van der Waals surface area contributed by atoms with Crippen LogP contribution in [0.3, 0.4) is 0 Å². The average molecular weight is 310 g/mol. The van der Waals surface area contributed by atoms with Crippen molar-refractivity contribution in [3.63, 3.8) is 0 Å². The van der Waals surface area contributed by atoms with Crippen LogP contribution >= 0.6 is 0 Å². The summed E-state index contributed by atoms with van der Waals surface area (Å²) in [6.45, 7) is 10.4. The normalized spacial score (nSPS) is 17.3. The van der Waals surface area contributed by atoms with Crippen LogP contribution < -0.4 is 5.32 Å². The van der Waals surface area contributed by atoms with Crippen LogP contribution in [0.5, 0.6) is 0 Å². The van der Waals surface area contributed by atoms with E-state index in [4.69, 9.17) is 9.26 Å². The van der Waals surface area contributed by atoms with Gasteiger partial charge in [-0.15, -0.1) is 0 Å². The zero-order chi connectivity index (χ0) is 16.1. The summed E-state index contributed by atoms with van der Waals surface area (Å²) in [6, 6.07) is 0.223. The van der Waals surface area contributed by atoms with E-state index < -0.39 is 0 Å². The summed E-state index contributed by atoms with van der Waals surface area (Å²) in [5.74, 6) is 0.763. The number of nitrogens with one attached hydrogen (secondary N) is 1. The van der Waals surface area contributed by atoms with Crippen LogP contribution in [0.4, 0.5) is 4.79 Å². The lowest BCUT2D eigenvalue weighted by molar-refractivity contribution is 0.0207. The SMILES string of the molecule is Cc1noc(C)c1CN(C)C(=O)NC[C@H](C)N1CCOCC1. The van der Waals surface area contributed by atoms with Crippen molar-refractivity contribution < 1.29 is 14.1 Å². The Balaban J connectivity index is 1.78. The van der Waals surface area contributed by atoms with Crippen molar-refractivity contribution in [2.75, 3.05) is 39.9 Å². The summed E-state index contributed by atoms with van der Waals surface area (Å²) in [5, 5.41) is 6.90. The van der Waals surface area contributed by atoms with Gasteiger partial charge in [-0.2, -0.15) is 0 Å². The van der Waals surface area contributed by atoms with Crippen LogP contribution in [0, 0.1) is 13.8 Å². The highest BCUT2D eigenvalue weighted by atomic mass is 16.5. The third-order valence-electron chi connectivity index (χ3n) is 4.14. The molecular weight excluding hydrogens is 284 g/mol. The lowest BCUT2D eigenvalue weighted by Crippen LogP contribution is -2.49. The molecule has 0 aromatic carbocycles. The van der Waals surface area contributed by atoms with Crippen molar-refractivity contribution in [2.24, 2.45) is 0 Å². The first kappa shape index (κ1) is 16.8. The number of urea groups is 1. The topological polar surface area (TPSA) is 70.8 Å². The van der Waals surface area contributed by atoms with Gasteiger partial charge in [-0.25, -0.2) is 4.79 Å². The van der Waals surface area contributed by atoms with Crippen molar-refractivity contribution >= 4 is 6.03 Å². The lowest BCUT2D eigenvalue weighted by atomic mass is 10.2. The molecule has 1 fully saturated rings. The van der Waals surface area contributed by atoms with Gasteiger partial charge in [-0.3, -0.25) is 4.90 Å². The highest BCUT2D eigenvalue weighted by Gasteiger charge is 2.19. The highest BCUT2D eigenvalue weighted by Crippen LogP contribution is 2.14. The van der Waals surface area contributed by atoms with E-state index in [1.165, 1.54) is 0 Å². The maximum atomic E-state index is 12.2. The summed E-state index contributed by atoms with van der Waals surface area (Å²) < 4.78 is 10.5. The van der Waals surface area contributed by atoms with Crippen LogP contribution in [0.15, 0.2) is 4.52 Å². The molecule has 0 radical (unpaired) electrons. The minimum absolute atomic E-state index is 0.0832. The summed E-state index contributed by atoms with van der Waals surface area (Å²) in [7, 11) is 1.78. The first-order chi connectivity index (χ1) is 10.5. The molecule has 0 saturated carbocycles. The zero-order valence-electron chi connectivity index (χ0n) is 13.9. The van der Waals surface area contributed by atoms with Gasteiger partial charge in [0, 0.05) is 38.3 Å². The Hall–Kier alpha value is -1.60. The molecule has 2 amide bonds. The summed E-state index contributed by atoms with van der Waals surface area (Å²) >= 11 is 0. The number of rotatable bonds is 5. The molecule has 1 saturated heterocycles. The van der Waals surface area contributed by atoms with Gasteiger partial charge in [0.1, 0.15) is 5.76 Å². The Morgan fingerprint density at radius 3 is 2.68 bits per heavy atom. The Bertz CT molecular complexity index is 477. The minimum Gasteiger partial charge on any atom is -0.379 e. The molecule has 0 aliphatic carbocycles. The second-order valence-electron chi connectivity index (χ2n) is 5.84. The molecule has 2 rings (SSSR count). The molecule has 1 N–H and O–H groups in total. The maximum Gasteiger partial charge on any atom is 0.317 e. The second kappa shape index (κ2) is 7.60. The van der Waals surface area contributed by atoms with E-state index in [2.05, 4.69) is 22.3 Å². The van der Waals surface area contributed by atoms with E-state index in [1.807, 2.05) is 13.8 Å². The quantitative estimate of drug-likeness (QED) is 0.883. The third kappa shape index (κ3) is 4.20. The van der Waals surface area contributed by atoms with E-state index in [-0.39, 0.29) is 6.03 Å². The van der Waals surface area contributed by atoms with Gasteiger partial charge < -0.3 is 19.5 Å². The molecule has 0 spiro atoms. The number of ether oxygens (including phenoxy) is 1. The van der Waals surface area contributed by atoms with Crippen molar-refractivity contribution in [1.82, 2.24) is 20.3 Å². The molecule has 1 atom stereocenters. The second-order valence-corrected chi connectivity index (χ2v) is 5.84. The number of carbonyl (C=O) groups excluding carboxylic acids is 1. The summed E-state index contributed by atoms with van der Waals surface area (Å²) in [5.41, 5.74) is 1.80. The van der Waals surface area contributed by atoms with E-state index in [9.17, 15) is 4.79 Å². The molecule has 1 aromatic rings. The van der Waals surface area contributed by atoms with Crippen molar-refractivity contribution in [1.29, 1.82) is 0 Å². The predicted octanol–water partition coefficient (Wildman–Crippen LogP) is 1.15. The highest BCUT2D eigenvalue weighted by molar-refractivity contribution is 5.73. The summed E-state index contributed by atoms with van der Waals surface area (Å²) in [4.78, 5) is 16.2. The largest absolute Gasteiger partial charge is 0.379 e. The van der Waals surface area contributed by atoms with Crippen molar-refractivity contribution in [3.8, 4) is 0 Å². The third-order valence-corrected chi connectivity index (χ3v) is 4.14. The number of aromatic nitrogens is 1. The van der Waals surface area contributed by atoms with Gasteiger partial charge in [0.15, 0.2) is 0 Å². The fraction of sp³-hybridized carbons (Fsp3) is 0.733. The van der Waals surface area contributed by atoms with Crippen LogP contribution in [0.25, 0.3) is 0 Å². The number of amides is 2. The lowest BCUT2D eigenvalue weighted by Gasteiger charge is -2.32. The van der Waals surface area contributed by atoms with Gasteiger partial charge in [0.25, 0.3) is 0 Å². The minimum atomic E-state index is -0.0832. The smallest absolute Gasteiger partial charge is 0.317 e. The molecule has 2 heterocycles. The zero-order valence-corrected chi connectivity index (χ0v) is 13.9. The molecule has 124 valence electrons. The number of hydrogen-bond donors (Lipinski definition) is 1. The molecule has 0 unspecified atom stereocenters. The molecular formula is C15H26N4O3. The van der Waals surface area contributed by atoms with Gasteiger partial charge in [0.2, 0.25) is 0 Å².